The van der Waals surface area contributed by atoms with Gasteiger partial charge < -0.3 is 5.32 Å². The van der Waals surface area contributed by atoms with Crippen molar-refractivity contribution in [3.8, 4) is 6.19 Å². The number of benzene rings is 1. The van der Waals surface area contributed by atoms with E-state index in [4.69, 9.17) is 5.26 Å². The van der Waals surface area contributed by atoms with E-state index in [0.29, 0.717) is 5.75 Å². The number of nitrogens with one attached hydrogen (secondary N) is 1. The minimum absolute atomic E-state index is 0.143. The molecule has 0 saturated heterocycles. The van der Waals surface area contributed by atoms with Crippen LogP contribution in [-0.4, -0.2) is 25.3 Å². The lowest BCUT2D eigenvalue weighted by Gasteiger charge is -2.22. The van der Waals surface area contributed by atoms with Gasteiger partial charge in [-0.2, -0.15) is 5.26 Å². The second kappa shape index (κ2) is 5.21. The highest BCUT2D eigenvalue weighted by Gasteiger charge is 2.24. The molecular weight excluding hydrogens is 234 g/mol. The summed E-state index contributed by atoms with van der Waals surface area (Å²) in [6, 6.07) is 5.97. The molecule has 5 heteroatoms. The highest BCUT2D eigenvalue weighted by molar-refractivity contribution is 8.00. The maximum Gasteiger partial charge on any atom is 0.250 e. The van der Waals surface area contributed by atoms with E-state index in [1.807, 2.05) is 25.4 Å². The number of nitriles is 1. The fraction of sp³-hybridized carbons (Fsp3) is 0.333. The number of likely N-dealkylation sites (N-methyl/N-ethyl adjacent to an activating group) is 1. The molecule has 1 amide bonds. The molecule has 0 saturated carbocycles. The van der Waals surface area contributed by atoms with E-state index < -0.39 is 0 Å². The lowest BCUT2D eigenvalue weighted by Crippen LogP contribution is -2.30. The van der Waals surface area contributed by atoms with E-state index in [1.165, 1.54) is 16.7 Å². The first-order valence-electron chi connectivity index (χ1n) is 5.39. The molecule has 0 bridgehead atoms. The minimum atomic E-state index is -0.143. The predicted molar refractivity (Wildman–Crippen MR) is 67.9 cm³/mol. The lowest BCUT2D eigenvalue weighted by atomic mass is 10.1. The average molecular weight is 247 g/mol. The normalized spacial score (nSPS) is 14.4. The highest BCUT2D eigenvalue weighted by atomic mass is 32.2. The number of hydrogen-bond acceptors (Lipinski definition) is 4. The molecule has 0 aromatic heterocycles. The van der Waals surface area contributed by atoms with Gasteiger partial charge in [-0.25, -0.2) is 4.90 Å². The zero-order chi connectivity index (χ0) is 12.3. The Morgan fingerprint density at radius 2 is 2.41 bits per heavy atom. The van der Waals surface area contributed by atoms with Gasteiger partial charge >= 0.3 is 0 Å². The highest BCUT2D eigenvalue weighted by Crippen LogP contribution is 2.35. The minimum Gasteiger partial charge on any atom is -0.319 e. The smallest absolute Gasteiger partial charge is 0.250 e. The molecule has 0 atom stereocenters. The summed E-state index contributed by atoms with van der Waals surface area (Å²) < 4.78 is 0. The molecule has 0 aliphatic carbocycles. The molecule has 0 unspecified atom stereocenters. The van der Waals surface area contributed by atoms with Crippen LogP contribution in [0, 0.1) is 11.5 Å². The van der Waals surface area contributed by atoms with Crippen LogP contribution in [0.25, 0.3) is 0 Å². The Balaban J connectivity index is 2.32. The molecule has 4 nitrogen and oxygen atoms in total. The number of thioether (sulfide) groups is 1. The molecular formula is C12H13N3OS. The largest absolute Gasteiger partial charge is 0.319 e. The van der Waals surface area contributed by atoms with Crippen molar-refractivity contribution >= 4 is 23.4 Å². The van der Waals surface area contributed by atoms with Crippen molar-refractivity contribution in [2.75, 3.05) is 24.2 Å². The second-order valence-electron chi connectivity index (χ2n) is 3.77. The van der Waals surface area contributed by atoms with Crippen LogP contribution in [0.15, 0.2) is 23.1 Å². The molecule has 1 N–H and O–H groups in total. The number of rotatable bonds is 3. The number of anilines is 1. The van der Waals surface area contributed by atoms with Crippen molar-refractivity contribution in [3.05, 3.63) is 23.8 Å². The quantitative estimate of drug-likeness (QED) is 0.820. The summed E-state index contributed by atoms with van der Waals surface area (Å²) in [6.07, 6.45) is 2.84. The molecule has 1 aliphatic heterocycles. The summed E-state index contributed by atoms with van der Waals surface area (Å²) in [7, 11) is 1.90. The first-order valence-corrected chi connectivity index (χ1v) is 6.38. The monoisotopic (exact) mass is 247 g/mol. The first kappa shape index (κ1) is 12.0. The Bertz CT molecular complexity index is 481. The van der Waals surface area contributed by atoms with Crippen molar-refractivity contribution < 1.29 is 4.79 Å². The van der Waals surface area contributed by atoms with Crippen LogP contribution in [0.4, 0.5) is 5.69 Å². The molecule has 0 spiro atoms. The van der Waals surface area contributed by atoms with Gasteiger partial charge in [0.25, 0.3) is 5.91 Å². The Labute approximate surface area is 105 Å². The van der Waals surface area contributed by atoms with E-state index in [0.717, 1.165) is 29.1 Å². The van der Waals surface area contributed by atoms with Crippen LogP contribution in [0.5, 0.6) is 0 Å². The molecule has 1 aromatic rings. The molecule has 0 fully saturated rings. The van der Waals surface area contributed by atoms with Crippen LogP contribution in [0.3, 0.4) is 0 Å². The lowest BCUT2D eigenvalue weighted by molar-refractivity contribution is -0.115. The van der Waals surface area contributed by atoms with Gasteiger partial charge in [-0.1, -0.05) is 6.07 Å². The van der Waals surface area contributed by atoms with Crippen LogP contribution in [0.2, 0.25) is 0 Å². The van der Waals surface area contributed by atoms with Crippen LogP contribution >= 0.6 is 11.8 Å². The van der Waals surface area contributed by atoms with Gasteiger partial charge in [0, 0.05) is 4.90 Å². The van der Waals surface area contributed by atoms with Gasteiger partial charge in [-0.3, -0.25) is 4.79 Å². The molecule has 1 heterocycles. The van der Waals surface area contributed by atoms with Crippen molar-refractivity contribution in [1.29, 1.82) is 5.26 Å². The SMILES string of the molecule is CNCCc1ccc2c(c1)N(C#N)C(=O)CS2. The average Bonchev–Trinajstić information content (AvgIpc) is 2.36. The summed E-state index contributed by atoms with van der Waals surface area (Å²) in [6.45, 7) is 0.881. The zero-order valence-corrected chi connectivity index (χ0v) is 10.4. The first-order chi connectivity index (χ1) is 8.26. The van der Waals surface area contributed by atoms with Crippen LogP contribution < -0.4 is 10.2 Å². The Morgan fingerprint density at radius 1 is 1.59 bits per heavy atom. The fourth-order valence-corrected chi connectivity index (χ4v) is 2.60. The summed E-state index contributed by atoms with van der Waals surface area (Å²) in [5.74, 6) is 0.201. The van der Waals surface area contributed by atoms with E-state index >= 15 is 0 Å². The number of carbonyl (C=O) groups is 1. The van der Waals surface area contributed by atoms with Crippen LogP contribution in [0.1, 0.15) is 5.56 Å². The maximum absolute atomic E-state index is 11.6. The Kier molecular flexibility index (Phi) is 3.67. The molecule has 1 aliphatic rings. The predicted octanol–water partition coefficient (Wildman–Crippen LogP) is 1.37. The third kappa shape index (κ3) is 2.43. The van der Waals surface area contributed by atoms with Crippen molar-refractivity contribution in [2.24, 2.45) is 0 Å². The van der Waals surface area contributed by atoms with E-state index in [2.05, 4.69) is 11.4 Å². The number of fused-ring (bicyclic) bond motifs is 1. The zero-order valence-electron chi connectivity index (χ0n) is 9.56. The summed E-state index contributed by atoms with van der Waals surface area (Å²) in [4.78, 5) is 13.8. The number of amides is 1. The topological polar surface area (TPSA) is 56.1 Å². The fourth-order valence-electron chi connectivity index (χ4n) is 1.73. The maximum atomic E-state index is 11.6. The Hall–Kier alpha value is -1.51. The number of hydrogen-bond donors (Lipinski definition) is 1. The summed E-state index contributed by atoms with van der Waals surface area (Å²) in [5, 5.41) is 12.1. The van der Waals surface area contributed by atoms with Gasteiger partial charge in [-0.15, -0.1) is 11.8 Å². The molecule has 1 aromatic carbocycles. The summed E-state index contributed by atoms with van der Waals surface area (Å²) >= 11 is 1.49. The molecule has 88 valence electrons. The molecule has 17 heavy (non-hydrogen) atoms. The van der Waals surface area contributed by atoms with Crippen molar-refractivity contribution in [3.63, 3.8) is 0 Å². The van der Waals surface area contributed by atoms with Gasteiger partial charge in [0.15, 0.2) is 6.19 Å². The van der Waals surface area contributed by atoms with Crippen LogP contribution in [-0.2, 0) is 11.2 Å². The third-order valence-electron chi connectivity index (χ3n) is 2.63. The number of carbonyl (C=O) groups excluding carboxylic acids is 1. The van der Waals surface area contributed by atoms with Gasteiger partial charge in [0.2, 0.25) is 0 Å². The van der Waals surface area contributed by atoms with E-state index in [-0.39, 0.29) is 5.91 Å². The number of nitrogens with zero attached hydrogens (tertiary/aromatic N) is 2. The standard InChI is InChI=1S/C12H13N3OS/c1-14-5-4-9-2-3-11-10(6-9)15(8-13)12(16)7-17-11/h2-3,6,14H,4-5,7H2,1H3. The Morgan fingerprint density at radius 3 is 3.12 bits per heavy atom. The second-order valence-corrected chi connectivity index (χ2v) is 4.79. The van der Waals surface area contributed by atoms with E-state index in [9.17, 15) is 4.79 Å². The molecule has 2 rings (SSSR count). The third-order valence-corrected chi connectivity index (χ3v) is 3.68. The van der Waals surface area contributed by atoms with E-state index in [1.54, 1.807) is 0 Å². The summed E-state index contributed by atoms with van der Waals surface area (Å²) in [5.41, 5.74) is 1.86. The van der Waals surface area contributed by atoms with Gasteiger partial charge in [0.1, 0.15) is 0 Å². The van der Waals surface area contributed by atoms with Crippen molar-refractivity contribution in [1.82, 2.24) is 5.32 Å². The van der Waals surface area contributed by atoms with Crippen molar-refractivity contribution in [2.45, 2.75) is 11.3 Å². The van der Waals surface area contributed by atoms with Gasteiger partial charge in [0.05, 0.1) is 11.4 Å². The molecule has 0 radical (unpaired) electrons. The van der Waals surface area contributed by atoms with Gasteiger partial charge in [-0.05, 0) is 37.7 Å².